The zero-order valence-electron chi connectivity index (χ0n) is 21.0. The van der Waals surface area contributed by atoms with Crippen LogP contribution in [0.2, 0.25) is 0 Å². The molecule has 0 amide bonds. The number of ether oxygens (including phenoxy) is 2. The van der Waals surface area contributed by atoms with Crippen molar-refractivity contribution in [3.8, 4) is 5.75 Å². The Morgan fingerprint density at radius 2 is 2.00 bits per heavy atom. The molecule has 1 aromatic heterocycles. The number of carbonyl (C=O) groups is 1. The molecule has 2 fully saturated rings. The molecule has 1 saturated carbocycles. The number of nitrogens with zero attached hydrogens (tertiary/aromatic N) is 2. The second kappa shape index (κ2) is 9.63. The molecule has 196 valence electrons. The third-order valence-electron chi connectivity index (χ3n) is 8.10. The van der Waals surface area contributed by atoms with Crippen molar-refractivity contribution in [1.82, 2.24) is 9.88 Å². The highest BCUT2D eigenvalue weighted by atomic mass is 32.1. The van der Waals surface area contributed by atoms with Gasteiger partial charge in [0.15, 0.2) is 5.69 Å². The molecule has 0 radical (unpaired) electrons. The number of halogens is 3. The topological polar surface area (TPSA) is 51.7 Å². The molecule has 3 aliphatic rings. The standard InChI is InChI=1S/C27H33F3N2O3S/c1-16(25(33)34-3)23(19-5-6-19)20-7-4-18-8-9-26(35-21(18)14-20)10-12-32(13-11-26)15-22-24(27(28,29)30)31-17(2)36-22/h4,7,14,16,19,23H,5-6,8-13,15H2,1-3H3/t16-,23+/m1/s1. The lowest BCUT2D eigenvalue weighted by Crippen LogP contribution is -2.49. The van der Waals surface area contributed by atoms with Gasteiger partial charge in [-0.25, -0.2) is 4.98 Å². The molecular weight excluding hydrogens is 489 g/mol. The van der Waals surface area contributed by atoms with E-state index < -0.39 is 11.9 Å². The van der Waals surface area contributed by atoms with Crippen LogP contribution in [0.5, 0.6) is 5.75 Å². The predicted octanol–water partition coefficient (Wildman–Crippen LogP) is 6.13. The monoisotopic (exact) mass is 522 g/mol. The summed E-state index contributed by atoms with van der Waals surface area (Å²) in [7, 11) is 1.44. The van der Waals surface area contributed by atoms with E-state index in [-0.39, 0.29) is 30.0 Å². The average Bonchev–Trinajstić information content (AvgIpc) is 3.60. The fraction of sp³-hybridized carbons (Fsp3) is 0.630. The van der Waals surface area contributed by atoms with Gasteiger partial charge in [-0.3, -0.25) is 9.69 Å². The number of piperidine rings is 1. The van der Waals surface area contributed by atoms with Crippen molar-refractivity contribution in [1.29, 1.82) is 0 Å². The van der Waals surface area contributed by atoms with Gasteiger partial charge in [0.05, 0.1) is 22.9 Å². The predicted molar refractivity (Wildman–Crippen MR) is 131 cm³/mol. The third kappa shape index (κ3) is 5.14. The first-order valence-corrected chi connectivity index (χ1v) is 13.6. The van der Waals surface area contributed by atoms with E-state index in [2.05, 4.69) is 28.1 Å². The number of esters is 1. The second-order valence-corrected chi connectivity index (χ2v) is 11.9. The van der Waals surface area contributed by atoms with E-state index in [9.17, 15) is 18.0 Å². The number of benzene rings is 1. The van der Waals surface area contributed by atoms with E-state index in [0.717, 1.165) is 61.2 Å². The van der Waals surface area contributed by atoms with E-state index in [1.165, 1.54) is 12.7 Å². The van der Waals surface area contributed by atoms with Gasteiger partial charge in [-0.1, -0.05) is 19.1 Å². The first kappa shape index (κ1) is 25.5. The van der Waals surface area contributed by atoms with Gasteiger partial charge in [-0.2, -0.15) is 13.2 Å². The summed E-state index contributed by atoms with van der Waals surface area (Å²) in [5.41, 5.74) is 1.28. The molecule has 0 unspecified atom stereocenters. The first-order valence-electron chi connectivity index (χ1n) is 12.7. The molecule has 5 rings (SSSR count). The van der Waals surface area contributed by atoms with Crippen LogP contribution in [0.1, 0.15) is 71.7 Å². The van der Waals surface area contributed by atoms with E-state index in [4.69, 9.17) is 9.47 Å². The summed E-state index contributed by atoms with van der Waals surface area (Å²) >= 11 is 1.13. The van der Waals surface area contributed by atoms with Crippen molar-refractivity contribution in [2.24, 2.45) is 11.8 Å². The maximum atomic E-state index is 13.4. The smallest absolute Gasteiger partial charge is 0.434 e. The fourth-order valence-electron chi connectivity index (χ4n) is 5.96. The van der Waals surface area contributed by atoms with Gasteiger partial charge in [-0.15, -0.1) is 11.3 Å². The van der Waals surface area contributed by atoms with Crippen LogP contribution in [-0.2, 0) is 28.7 Å². The number of carbonyl (C=O) groups excluding carboxylic acids is 1. The largest absolute Gasteiger partial charge is 0.487 e. The fourth-order valence-corrected chi connectivity index (χ4v) is 6.95. The molecule has 1 aromatic carbocycles. The van der Waals surface area contributed by atoms with Crippen LogP contribution in [0.15, 0.2) is 18.2 Å². The molecule has 1 aliphatic carbocycles. The summed E-state index contributed by atoms with van der Waals surface area (Å²) < 4.78 is 51.8. The summed E-state index contributed by atoms with van der Waals surface area (Å²) in [5.74, 6) is 1.12. The Morgan fingerprint density at radius 1 is 1.28 bits per heavy atom. The van der Waals surface area contributed by atoms with Gasteiger partial charge in [0.2, 0.25) is 0 Å². The highest BCUT2D eigenvalue weighted by molar-refractivity contribution is 7.11. The summed E-state index contributed by atoms with van der Waals surface area (Å²) in [5, 5.41) is 0.444. The zero-order valence-corrected chi connectivity index (χ0v) is 21.8. The van der Waals surface area contributed by atoms with Gasteiger partial charge in [0.25, 0.3) is 0 Å². The number of aryl methyl sites for hydroxylation is 2. The minimum Gasteiger partial charge on any atom is -0.487 e. The van der Waals surface area contributed by atoms with E-state index in [1.807, 2.05) is 6.92 Å². The Balaban J connectivity index is 1.28. The maximum Gasteiger partial charge on any atom is 0.434 e. The minimum atomic E-state index is -4.42. The number of methoxy groups -OCH3 is 1. The average molecular weight is 523 g/mol. The maximum absolute atomic E-state index is 13.4. The van der Waals surface area contributed by atoms with Crippen LogP contribution < -0.4 is 4.74 Å². The van der Waals surface area contributed by atoms with Crippen molar-refractivity contribution in [3.05, 3.63) is 44.9 Å². The lowest BCUT2D eigenvalue weighted by molar-refractivity contribution is -0.146. The molecular formula is C27H33F3N2O3S. The van der Waals surface area contributed by atoms with Gasteiger partial charge >= 0.3 is 12.1 Å². The van der Waals surface area contributed by atoms with Gasteiger partial charge in [-0.05, 0) is 74.5 Å². The molecule has 0 bridgehead atoms. The Kier molecular flexibility index (Phi) is 6.83. The molecule has 3 heterocycles. The van der Waals surface area contributed by atoms with E-state index in [0.29, 0.717) is 28.9 Å². The lowest BCUT2D eigenvalue weighted by atomic mass is 9.80. The van der Waals surface area contributed by atoms with Crippen molar-refractivity contribution < 1.29 is 27.4 Å². The van der Waals surface area contributed by atoms with Crippen molar-refractivity contribution in [2.75, 3.05) is 20.2 Å². The second-order valence-electron chi connectivity index (χ2n) is 10.6. The molecule has 1 spiro atoms. The van der Waals surface area contributed by atoms with Crippen LogP contribution in [0.3, 0.4) is 0 Å². The quantitative estimate of drug-likeness (QED) is 0.427. The Morgan fingerprint density at radius 3 is 2.64 bits per heavy atom. The van der Waals surface area contributed by atoms with Gasteiger partial charge in [0.1, 0.15) is 11.4 Å². The van der Waals surface area contributed by atoms with Gasteiger partial charge in [0, 0.05) is 19.6 Å². The Bertz CT molecular complexity index is 1120. The first-order chi connectivity index (χ1) is 17.1. The number of likely N-dealkylation sites (tertiary alicyclic amines) is 1. The molecule has 0 N–H and O–H groups in total. The SMILES string of the molecule is COC(=O)[C@H](C)[C@H](c1ccc2c(c1)OC1(CC2)CCN(Cc2sc(C)nc2C(F)(F)F)CC1)C1CC1. The molecule has 2 atom stereocenters. The zero-order chi connectivity index (χ0) is 25.7. The summed E-state index contributed by atoms with van der Waals surface area (Å²) in [6, 6.07) is 6.40. The Labute approximate surface area is 214 Å². The number of hydrogen-bond acceptors (Lipinski definition) is 6. The number of fused-ring (bicyclic) bond motifs is 1. The molecule has 2 aliphatic heterocycles. The third-order valence-corrected chi connectivity index (χ3v) is 9.06. The van der Waals surface area contributed by atoms with Crippen molar-refractivity contribution in [3.63, 3.8) is 0 Å². The molecule has 1 saturated heterocycles. The van der Waals surface area contributed by atoms with Crippen LogP contribution in [0.4, 0.5) is 13.2 Å². The van der Waals surface area contributed by atoms with E-state index >= 15 is 0 Å². The number of rotatable bonds is 6. The number of aromatic nitrogens is 1. The lowest BCUT2D eigenvalue weighted by Gasteiger charge is -2.44. The van der Waals surface area contributed by atoms with E-state index in [1.54, 1.807) is 6.92 Å². The number of alkyl halides is 3. The summed E-state index contributed by atoms with van der Waals surface area (Å²) in [6.45, 7) is 5.21. The van der Waals surface area contributed by atoms with Crippen LogP contribution in [0.25, 0.3) is 0 Å². The highest BCUT2D eigenvalue weighted by Crippen LogP contribution is 2.49. The minimum absolute atomic E-state index is 0.122. The van der Waals surface area contributed by atoms with Crippen molar-refractivity contribution in [2.45, 2.75) is 76.6 Å². The summed E-state index contributed by atoms with van der Waals surface area (Å²) in [6.07, 6.45) is 1.21. The van der Waals surface area contributed by atoms with Crippen molar-refractivity contribution >= 4 is 17.3 Å². The van der Waals surface area contributed by atoms with Crippen LogP contribution in [-0.4, -0.2) is 41.7 Å². The van der Waals surface area contributed by atoms with Crippen LogP contribution in [0, 0.1) is 18.8 Å². The molecule has 36 heavy (non-hydrogen) atoms. The molecule has 5 nitrogen and oxygen atoms in total. The van der Waals surface area contributed by atoms with Gasteiger partial charge < -0.3 is 9.47 Å². The number of hydrogen-bond donors (Lipinski definition) is 0. The molecule has 2 aromatic rings. The normalized spacial score (nSPS) is 21.5. The number of thiazole rings is 1. The Hall–Kier alpha value is -2.13. The summed E-state index contributed by atoms with van der Waals surface area (Å²) in [4.78, 5) is 18.4. The molecule has 9 heteroatoms. The highest BCUT2D eigenvalue weighted by Gasteiger charge is 2.43. The van der Waals surface area contributed by atoms with Crippen LogP contribution >= 0.6 is 11.3 Å².